The molecule has 0 unspecified atom stereocenters. The van der Waals surface area contributed by atoms with E-state index < -0.39 is 0 Å². The van der Waals surface area contributed by atoms with Crippen molar-refractivity contribution in [3.05, 3.63) is 64.9 Å². The van der Waals surface area contributed by atoms with Gasteiger partial charge in [0.1, 0.15) is 5.70 Å². The SMILES string of the molecule is CCN1C(=O)C(Nc2ccc(N(C)C)cc2)=C(c2ccc(C)c(C)c2)C1=O. The molecule has 2 aromatic rings. The lowest BCUT2D eigenvalue weighted by Crippen LogP contribution is -2.32. The van der Waals surface area contributed by atoms with Gasteiger partial charge in [-0.1, -0.05) is 18.2 Å². The molecule has 1 aliphatic heterocycles. The second-order valence-corrected chi connectivity index (χ2v) is 6.97. The monoisotopic (exact) mass is 363 g/mol. The van der Waals surface area contributed by atoms with Gasteiger partial charge in [-0.15, -0.1) is 0 Å². The third kappa shape index (κ3) is 3.45. The molecule has 0 saturated heterocycles. The van der Waals surface area contributed by atoms with Crippen LogP contribution in [0.1, 0.15) is 23.6 Å². The molecular weight excluding hydrogens is 338 g/mol. The summed E-state index contributed by atoms with van der Waals surface area (Å²) in [5.41, 5.74) is 5.61. The zero-order valence-electron chi connectivity index (χ0n) is 16.5. The molecule has 1 aliphatic rings. The number of rotatable bonds is 5. The van der Waals surface area contributed by atoms with Gasteiger partial charge in [-0.25, -0.2) is 0 Å². The fourth-order valence-electron chi connectivity index (χ4n) is 3.13. The van der Waals surface area contributed by atoms with Crippen LogP contribution in [0.2, 0.25) is 0 Å². The van der Waals surface area contributed by atoms with Gasteiger partial charge in [0.2, 0.25) is 0 Å². The molecular formula is C22H25N3O2. The summed E-state index contributed by atoms with van der Waals surface area (Å²) in [5.74, 6) is -0.537. The number of carbonyl (C=O) groups is 2. The maximum atomic E-state index is 12.9. The van der Waals surface area contributed by atoms with Gasteiger partial charge in [-0.05, 0) is 61.7 Å². The topological polar surface area (TPSA) is 52.7 Å². The summed E-state index contributed by atoms with van der Waals surface area (Å²) in [6, 6.07) is 13.6. The Hall–Kier alpha value is -3.08. The highest BCUT2D eigenvalue weighted by Crippen LogP contribution is 2.31. The van der Waals surface area contributed by atoms with Crippen LogP contribution in [0.5, 0.6) is 0 Å². The van der Waals surface area contributed by atoms with E-state index in [1.165, 1.54) is 4.90 Å². The Morgan fingerprint density at radius 2 is 1.59 bits per heavy atom. The van der Waals surface area contributed by atoms with Gasteiger partial charge in [-0.2, -0.15) is 0 Å². The van der Waals surface area contributed by atoms with Crippen molar-refractivity contribution in [2.75, 3.05) is 30.9 Å². The van der Waals surface area contributed by atoms with Crippen LogP contribution in [0.25, 0.3) is 5.57 Å². The predicted octanol–water partition coefficient (Wildman–Crippen LogP) is 3.58. The van der Waals surface area contributed by atoms with Crippen molar-refractivity contribution in [1.82, 2.24) is 4.90 Å². The summed E-state index contributed by atoms with van der Waals surface area (Å²) in [6.45, 7) is 6.18. The summed E-state index contributed by atoms with van der Waals surface area (Å²) in [4.78, 5) is 29.0. The van der Waals surface area contributed by atoms with Crippen LogP contribution in [0.3, 0.4) is 0 Å². The second-order valence-electron chi connectivity index (χ2n) is 6.97. The zero-order chi connectivity index (χ0) is 19.7. The molecule has 0 bridgehead atoms. The highest BCUT2D eigenvalue weighted by Gasteiger charge is 2.38. The van der Waals surface area contributed by atoms with Crippen LogP contribution in [-0.4, -0.2) is 37.4 Å². The number of nitrogens with zero attached hydrogens (tertiary/aromatic N) is 2. The molecule has 0 radical (unpaired) electrons. The lowest BCUT2D eigenvalue weighted by atomic mass is 9.99. The summed E-state index contributed by atoms with van der Waals surface area (Å²) >= 11 is 0. The summed E-state index contributed by atoms with van der Waals surface area (Å²) < 4.78 is 0. The maximum Gasteiger partial charge on any atom is 0.278 e. The zero-order valence-corrected chi connectivity index (χ0v) is 16.5. The average molecular weight is 363 g/mol. The largest absolute Gasteiger partial charge is 0.378 e. The highest BCUT2D eigenvalue weighted by atomic mass is 16.2. The van der Waals surface area contributed by atoms with Crippen LogP contribution in [0.15, 0.2) is 48.2 Å². The quantitative estimate of drug-likeness (QED) is 0.825. The first kappa shape index (κ1) is 18.7. The molecule has 5 nitrogen and oxygen atoms in total. The predicted molar refractivity (Wildman–Crippen MR) is 110 cm³/mol. The molecule has 1 N–H and O–H groups in total. The van der Waals surface area contributed by atoms with Gasteiger partial charge >= 0.3 is 0 Å². The van der Waals surface area contributed by atoms with Crippen molar-refractivity contribution in [3.8, 4) is 0 Å². The van der Waals surface area contributed by atoms with Crippen LogP contribution in [0, 0.1) is 13.8 Å². The molecule has 0 fully saturated rings. The molecule has 2 aromatic carbocycles. The van der Waals surface area contributed by atoms with Gasteiger partial charge in [0.05, 0.1) is 5.57 Å². The molecule has 0 saturated carbocycles. The number of anilines is 2. The number of likely N-dealkylation sites (N-methyl/N-ethyl adjacent to an activating group) is 1. The number of hydrogen-bond acceptors (Lipinski definition) is 4. The van der Waals surface area contributed by atoms with E-state index in [1.54, 1.807) is 0 Å². The van der Waals surface area contributed by atoms with E-state index in [0.717, 1.165) is 28.1 Å². The minimum atomic E-state index is -0.285. The van der Waals surface area contributed by atoms with Crippen LogP contribution >= 0.6 is 0 Å². The molecule has 3 rings (SSSR count). The second kappa shape index (κ2) is 7.27. The molecule has 0 aromatic heterocycles. The smallest absolute Gasteiger partial charge is 0.278 e. The molecule has 0 aliphatic carbocycles. The number of benzene rings is 2. The first-order valence-corrected chi connectivity index (χ1v) is 9.06. The Kier molecular flexibility index (Phi) is 5.04. The minimum Gasteiger partial charge on any atom is -0.378 e. The first-order chi connectivity index (χ1) is 12.8. The lowest BCUT2D eigenvalue weighted by Gasteiger charge is -2.14. The highest BCUT2D eigenvalue weighted by molar-refractivity contribution is 6.36. The van der Waals surface area contributed by atoms with E-state index >= 15 is 0 Å². The summed E-state index contributed by atoms with van der Waals surface area (Å²) in [5, 5.41) is 3.18. The number of imide groups is 1. The summed E-state index contributed by atoms with van der Waals surface area (Å²) in [7, 11) is 3.95. The van der Waals surface area contributed by atoms with E-state index in [1.807, 2.05) is 82.2 Å². The Morgan fingerprint density at radius 1 is 0.926 bits per heavy atom. The number of nitrogens with one attached hydrogen (secondary N) is 1. The Balaban J connectivity index is 2.05. The van der Waals surface area contributed by atoms with Gasteiger partial charge in [0, 0.05) is 32.0 Å². The minimum absolute atomic E-state index is 0.252. The Morgan fingerprint density at radius 3 is 2.15 bits per heavy atom. The van der Waals surface area contributed by atoms with Gasteiger partial charge in [0.15, 0.2) is 0 Å². The Labute approximate surface area is 160 Å². The number of amides is 2. The standard InChI is InChI=1S/C22H25N3O2/c1-6-25-21(26)19(16-8-7-14(2)15(3)13-16)20(22(25)27)23-17-9-11-18(12-10-17)24(4)5/h7-13,23H,6H2,1-5H3. The fourth-order valence-corrected chi connectivity index (χ4v) is 3.13. The van der Waals surface area contributed by atoms with Gasteiger partial charge in [-0.3, -0.25) is 14.5 Å². The van der Waals surface area contributed by atoms with Crippen molar-refractivity contribution in [2.24, 2.45) is 0 Å². The van der Waals surface area contributed by atoms with Crippen LogP contribution in [0.4, 0.5) is 11.4 Å². The number of hydrogen-bond donors (Lipinski definition) is 1. The summed E-state index contributed by atoms with van der Waals surface area (Å²) in [6.07, 6.45) is 0. The molecule has 5 heteroatoms. The average Bonchev–Trinajstić information content (AvgIpc) is 2.87. The van der Waals surface area contributed by atoms with Crippen molar-refractivity contribution >= 4 is 28.8 Å². The molecule has 27 heavy (non-hydrogen) atoms. The lowest BCUT2D eigenvalue weighted by molar-refractivity contribution is -0.136. The van der Waals surface area contributed by atoms with Gasteiger partial charge in [0.25, 0.3) is 11.8 Å². The normalized spacial score (nSPS) is 14.2. The molecule has 140 valence electrons. The van der Waals surface area contributed by atoms with Crippen LogP contribution in [-0.2, 0) is 9.59 Å². The molecule has 1 heterocycles. The van der Waals surface area contributed by atoms with E-state index in [-0.39, 0.29) is 11.8 Å². The first-order valence-electron chi connectivity index (χ1n) is 9.06. The van der Waals surface area contributed by atoms with Crippen molar-refractivity contribution < 1.29 is 9.59 Å². The molecule has 0 atom stereocenters. The number of aryl methyl sites for hydroxylation is 2. The van der Waals surface area contributed by atoms with E-state index in [2.05, 4.69) is 5.32 Å². The van der Waals surface area contributed by atoms with Crippen molar-refractivity contribution in [1.29, 1.82) is 0 Å². The fraction of sp³-hybridized carbons (Fsp3) is 0.273. The van der Waals surface area contributed by atoms with Crippen LogP contribution < -0.4 is 10.2 Å². The van der Waals surface area contributed by atoms with E-state index in [4.69, 9.17) is 0 Å². The van der Waals surface area contributed by atoms with Gasteiger partial charge < -0.3 is 10.2 Å². The van der Waals surface area contributed by atoms with E-state index in [0.29, 0.717) is 17.8 Å². The van der Waals surface area contributed by atoms with Crippen molar-refractivity contribution in [2.45, 2.75) is 20.8 Å². The Bertz CT molecular complexity index is 927. The molecule has 0 spiro atoms. The third-order valence-electron chi connectivity index (χ3n) is 4.93. The van der Waals surface area contributed by atoms with Crippen molar-refractivity contribution in [3.63, 3.8) is 0 Å². The van der Waals surface area contributed by atoms with E-state index in [9.17, 15) is 9.59 Å². The number of carbonyl (C=O) groups excluding carboxylic acids is 2. The molecule has 2 amide bonds. The third-order valence-corrected chi connectivity index (χ3v) is 4.93. The maximum absolute atomic E-state index is 12.9.